The molecule has 2 fully saturated rings. The second-order valence-electron chi connectivity index (χ2n) is 16.6. The summed E-state index contributed by atoms with van der Waals surface area (Å²) < 4.78 is 13.5. The molecule has 0 radical (unpaired) electrons. The number of ether oxygens (including phenoxy) is 2. The molecule has 0 unspecified atom stereocenters. The first kappa shape index (κ1) is 49.6. The van der Waals surface area contributed by atoms with Gasteiger partial charge in [0.25, 0.3) is 17.5 Å². The van der Waals surface area contributed by atoms with Gasteiger partial charge in [-0.25, -0.2) is 44.1 Å². The molecule has 0 atom stereocenters. The number of carboxylic acids is 1. The summed E-state index contributed by atoms with van der Waals surface area (Å²) in [5.74, 6) is -0.209. The molecule has 12 rings (SSSR count). The summed E-state index contributed by atoms with van der Waals surface area (Å²) >= 11 is 0. The number of halogens is 1. The molecule has 1 amide bonds. The van der Waals surface area contributed by atoms with Crippen molar-refractivity contribution in [2.45, 2.75) is 0 Å². The second kappa shape index (κ2) is 22.0. The highest BCUT2D eigenvalue weighted by molar-refractivity contribution is 6.45. The summed E-state index contributed by atoms with van der Waals surface area (Å²) in [6.07, 6.45) is 15.1. The summed E-state index contributed by atoms with van der Waals surface area (Å²) in [5.41, 5.74) is 1.19. The minimum absolute atomic E-state index is 0. The van der Waals surface area contributed by atoms with E-state index in [-0.39, 0.29) is 23.5 Å². The summed E-state index contributed by atoms with van der Waals surface area (Å²) in [5, 5.41) is 25.9. The molecule has 23 nitrogen and oxygen atoms in total. The molecule has 10 aromatic rings. The van der Waals surface area contributed by atoms with E-state index < -0.39 is 23.4 Å². The predicted molar refractivity (Wildman–Crippen MR) is 276 cm³/mol. The quantitative estimate of drug-likeness (QED) is 0.107. The van der Waals surface area contributed by atoms with Crippen LogP contribution >= 0.6 is 12.4 Å². The Bertz CT molecular complexity index is 3620. The number of piperazine rings is 2. The van der Waals surface area contributed by atoms with Gasteiger partial charge in [-0.1, -0.05) is 48.5 Å². The van der Waals surface area contributed by atoms with Crippen LogP contribution in [0.1, 0.15) is 20.7 Å². The third kappa shape index (κ3) is 9.70. The van der Waals surface area contributed by atoms with E-state index in [1.165, 1.54) is 84.5 Å². The Morgan fingerprint density at radius 3 is 1.51 bits per heavy atom. The van der Waals surface area contributed by atoms with Gasteiger partial charge in [0.1, 0.15) is 48.4 Å². The number of carbonyl (C=O) groups is 4. The zero-order valence-corrected chi connectivity index (χ0v) is 40.6. The second-order valence-corrected chi connectivity index (χ2v) is 16.6. The van der Waals surface area contributed by atoms with Gasteiger partial charge < -0.3 is 44.6 Å². The first-order valence-electron chi connectivity index (χ1n) is 23.0. The van der Waals surface area contributed by atoms with Crippen LogP contribution in [0.4, 0.5) is 11.6 Å². The molecule has 0 saturated carbocycles. The number of fused-ring (bicyclic) bond motifs is 4. The van der Waals surface area contributed by atoms with Gasteiger partial charge in [-0.15, -0.1) is 12.4 Å². The summed E-state index contributed by atoms with van der Waals surface area (Å²) in [7, 11) is 2.91. The minimum atomic E-state index is -1.54. The lowest BCUT2D eigenvalue weighted by molar-refractivity contribution is -0.131. The number of hydrogen-bond acceptors (Lipinski definition) is 17. The number of carbonyl (C=O) groups excluding carboxylic acids is 3. The molecule has 2 saturated heterocycles. The van der Waals surface area contributed by atoms with E-state index in [2.05, 4.69) is 102 Å². The van der Waals surface area contributed by atoms with Gasteiger partial charge in [-0.05, 0) is 22.9 Å². The van der Waals surface area contributed by atoms with E-state index in [0.29, 0.717) is 71.1 Å². The molecule has 0 bridgehead atoms. The van der Waals surface area contributed by atoms with Crippen molar-refractivity contribution in [3.63, 3.8) is 0 Å². The van der Waals surface area contributed by atoms with Crippen molar-refractivity contribution in [3.8, 4) is 23.1 Å². The Balaban J connectivity index is 0.000000150. The average Bonchev–Trinajstić information content (AvgIpc) is 4.32. The highest BCUT2D eigenvalue weighted by atomic mass is 35.5. The molecule has 2 aromatic carbocycles. The maximum Gasteiger partial charge on any atom is 0.377 e. The minimum Gasteiger partial charge on any atom is -0.494 e. The van der Waals surface area contributed by atoms with E-state index in [0.717, 1.165) is 48.6 Å². The smallest absolute Gasteiger partial charge is 0.377 e. The fraction of sp³-hybridized carbons (Fsp3) is 0.200. The highest BCUT2D eigenvalue weighted by Gasteiger charge is 2.31. The van der Waals surface area contributed by atoms with Crippen LogP contribution < -0.4 is 24.6 Å². The van der Waals surface area contributed by atoms with E-state index in [9.17, 15) is 19.2 Å². The number of hydrogen-bond donors (Lipinski definition) is 4. The van der Waals surface area contributed by atoms with E-state index in [1.54, 1.807) is 11.1 Å². The van der Waals surface area contributed by atoms with Crippen LogP contribution in [0.3, 0.4) is 0 Å². The number of benzene rings is 2. The lowest BCUT2D eigenvalue weighted by Crippen LogP contribution is -2.50. The fourth-order valence-electron chi connectivity index (χ4n) is 8.94. The van der Waals surface area contributed by atoms with E-state index >= 15 is 0 Å². The Kier molecular flexibility index (Phi) is 14.7. The highest BCUT2D eigenvalue weighted by Crippen LogP contribution is 2.34. The molecular weight excluding hydrogens is 972 g/mol. The van der Waals surface area contributed by atoms with Crippen LogP contribution in [0.2, 0.25) is 0 Å². The van der Waals surface area contributed by atoms with Crippen LogP contribution in [0, 0.1) is 0 Å². The summed E-state index contributed by atoms with van der Waals surface area (Å²) in [4.78, 5) is 86.7. The number of nitrogens with zero attached hydrogens (tertiary/aromatic N) is 13. The van der Waals surface area contributed by atoms with Crippen molar-refractivity contribution in [1.29, 1.82) is 0 Å². The fourth-order valence-corrected chi connectivity index (χ4v) is 8.94. The van der Waals surface area contributed by atoms with Crippen LogP contribution in [-0.4, -0.2) is 159 Å². The standard InChI is InChI=1S/C25H22N8O3.C13H15N3.C12H9N5O4.ClH/c1-36-19-13-29-24(33-15-26-14-30-33)21-20(19)18(12-28-21)22(34)25(35)32-10-8-31(9-11-32)23-17-5-3-2-4-16(17)6-7-27-23;1-2-4-12-11(3-1)5-6-15-13(12)16-9-7-14-8-10-16;1-21-7-3-15-11(17-5-13-4-16-17)9-8(7)6(2-14-9)10(18)12(19)20;/h2-7,12-15,28H,8-11H2,1H3;1-6,14H,7-10H2;2-5,14H,1H3,(H,19,20);1H. The Labute approximate surface area is 426 Å². The zero-order valence-electron chi connectivity index (χ0n) is 39.8. The lowest BCUT2D eigenvalue weighted by Gasteiger charge is -2.35. The molecule has 376 valence electrons. The molecular formula is C50H47ClN16O7. The van der Waals surface area contributed by atoms with Gasteiger partial charge in [-0.3, -0.25) is 14.4 Å². The van der Waals surface area contributed by atoms with Crippen LogP contribution in [0.15, 0.2) is 123 Å². The summed E-state index contributed by atoms with van der Waals surface area (Å²) in [6.45, 7) is 6.18. The zero-order chi connectivity index (χ0) is 50.4. The number of rotatable bonds is 10. The molecule has 24 heteroatoms. The Morgan fingerprint density at radius 2 is 1.05 bits per heavy atom. The normalized spacial score (nSPS) is 13.4. The number of nitrogens with one attached hydrogen (secondary N) is 3. The maximum absolute atomic E-state index is 13.4. The number of ketones is 2. The molecule has 2 aliphatic heterocycles. The van der Waals surface area contributed by atoms with Crippen molar-refractivity contribution in [3.05, 3.63) is 134 Å². The Hall–Kier alpha value is -9.35. The average molecular weight is 1020 g/mol. The number of pyridine rings is 4. The van der Waals surface area contributed by atoms with Crippen molar-refractivity contribution >= 4 is 90.8 Å². The maximum atomic E-state index is 13.4. The number of Topliss-reactive ketones (excluding diaryl/α,β-unsaturated/α-hetero) is 2. The van der Waals surface area contributed by atoms with Gasteiger partial charge in [0, 0.05) is 87.9 Å². The number of aliphatic carboxylic acids is 1. The lowest BCUT2D eigenvalue weighted by atomic mass is 10.1. The first-order chi connectivity index (χ1) is 35.7. The third-order valence-corrected chi connectivity index (χ3v) is 12.5. The van der Waals surface area contributed by atoms with Gasteiger partial charge in [0.05, 0.1) is 59.5 Å². The number of aromatic nitrogens is 12. The van der Waals surface area contributed by atoms with Crippen LogP contribution in [-0.2, 0) is 9.59 Å². The molecule has 74 heavy (non-hydrogen) atoms. The van der Waals surface area contributed by atoms with Gasteiger partial charge >= 0.3 is 5.97 Å². The third-order valence-electron chi connectivity index (χ3n) is 12.5. The molecule has 8 aromatic heterocycles. The van der Waals surface area contributed by atoms with E-state index in [1.807, 2.05) is 30.5 Å². The topological polar surface area (TPSA) is 273 Å². The van der Waals surface area contributed by atoms with Gasteiger partial charge in [0.2, 0.25) is 0 Å². The van der Waals surface area contributed by atoms with Gasteiger partial charge in [-0.2, -0.15) is 10.2 Å². The molecule has 4 N–H and O–H groups in total. The number of methoxy groups -OCH3 is 2. The molecule has 0 aliphatic carbocycles. The monoisotopic (exact) mass is 1020 g/mol. The number of anilines is 2. The van der Waals surface area contributed by atoms with E-state index in [4.69, 9.17) is 14.6 Å². The predicted octanol–water partition coefficient (Wildman–Crippen LogP) is 4.72. The van der Waals surface area contributed by atoms with Crippen molar-refractivity contribution in [1.82, 2.24) is 69.6 Å². The number of carboxylic acid groups (broad SMARTS) is 1. The van der Waals surface area contributed by atoms with Gasteiger partial charge in [0.15, 0.2) is 11.6 Å². The Morgan fingerprint density at radius 1 is 0.581 bits per heavy atom. The first-order valence-corrected chi connectivity index (χ1v) is 23.0. The number of amides is 1. The van der Waals surface area contributed by atoms with Crippen molar-refractivity contribution in [2.24, 2.45) is 0 Å². The molecule has 10 heterocycles. The van der Waals surface area contributed by atoms with Crippen LogP contribution in [0.5, 0.6) is 11.5 Å². The number of H-pyrrole nitrogens is 2. The van der Waals surface area contributed by atoms with Crippen molar-refractivity contribution in [2.75, 3.05) is 76.4 Å². The van der Waals surface area contributed by atoms with Crippen LogP contribution in [0.25, 0.3) is 55.0 Å². The SMILES string of the molecule is COc1cnc(-n2cncn2)c2[nH]cc(C(=O)C(=O)N3CCN(c4nccc5ccccc45)CC3)c12.COc1cnc(-n2cncn2)c2[nH]cc(C(=O)C(=O)O)c12.Cl.c1ccc2c(N3CCNCC3)nccc2c1. The summed E-state index contributed by atoms with van der Waals surface area (Å²) in [6, 6.07) is 20.6. The molecule has 2 aliphatic rings. The largest absolute Gasteiger partial charge is 0.494 e. The number of aromatic amines is 2. The van der Waals surface area contributed by atoms with Crippen molar-refractivity contribution < 1.29 is 33.8 Å². The molecule has 0 spiro atoms.